The minimum absolute atomic E-state index is 0.411. The molecule has 1 aliphatic rings. The summed E-state index contributed by atoms with van der Waals surface area (Å²) in [4.78, 5) is 11.4. The molecule has 0 aromatic heterocycles. The first-order valence-electron chi connectivity index (χ1n) is 5.30. The van der Waals surface area contributed by atoms with Crippen LogP contribution in [0.3, 0.4) is 0 Å². The van der Waals surface area contributed by atoms with Gasteiger partial charge in [-0.1, -0.05) is 26.7 Å². The molecule has 0 amide bonds. The normalized spacial score (nSPS) is 30.7. The average molecular weight is 168 g/mol. The van der Waals surface area contributed by atoms with E-state index in [1.165, 1.54) is 12.8 Å². The number of carbonyl (C=O) groups is 1. The molecular weight excluding hydrogens is 148 g/mol. The second-order valence-electron chi connectivity index (χ2n) is 4.00. The van der Waals surface area contributed by atoms with Crippen LogP contribution in [0.25, 0.3) is 0 Å². The van der Waals surface area contributed by atoms with Crippen molar-refractivity contribution in [1.29, 1.82) is 0 Å². The van der Waals surface area contributed by atoms with Crippen molar-refractivity contribution in [2.24, 2.45) is 11.8 Å². The van der Waals surface area contributed by atoms with Crippen molar-refractivity contribution >= 4 is 5.78 Å². The van der Waals surface area contributed by atoms with Crippen LogP contribution in [0.15, 0.2) is 0 Å². The van der Waals surface area contributed by atoms with Gasteiger partial charge < -0.3 is 0 Å². The Morgan fingerprint density at radius 1 is 1.42 bits per heavy atom. The minimum atomic E-state index is 0.411. The van der Waals surface area contributed by atoms with Gasteiger partial charge in [0.05, 0.1) is 0 Å². The molecule has 0 bridgehead atoms. The Balaban J connectivity index is 2.41. The number of hydrogen-bond acceptors (Lipinski definition) is 1. The second kappa shape index (κ2) is 4.64. The minimum Gasteiger partial charge on any atom is -0.299 e. The fourth-order valence-corrected chi connectivity index (χ4v) is 2.20. The lowest BCUT2D eigenvalue weighted by Gasteiger charge is -2.26. The third-order valence-corrected chi connectivity index (χ3v) is 3.09. The SMILES string of the molecule is CCCC1CC(CC)CCC1=O. The zero-order chi connectivity index (χ0) is 8.97. The van der Waals surface area contributed by atoms with Gasteiger partial charge in [-0.25, -0.2) is 0 Å². The van der Waals surface area contributed by atoms with Crippen molar-refractivity contribution in [3.8, 4) is 0 Å². The van der Waals surface area contributed by atoms with Gasteiger partial charge in [-0.05, 0) is 25.2 Å². The lowest BCUT2D eigenvalue weighted by molar-refractivity contribution is -0.125. The first kappa shape index (κ1) is 9.76. The summed E-state index contributed by atoms with van der Waals surface area (Å²) in [5.41, 5.74) is 0. The van der Waals surface area contributed by atoms with Crippen LogP contribution in [0.1, 0.15) is 52.4 Å². The number of Topliss-reactive ketones (excluding diaryl/α,β-unsaturated/α-hetero) is 1. The van der Waals surface area contributed by atoms with E-state index in [-0.39, 0.29) is 0 Å². The van der Waals surface area contributed by atoms with Crippen molar-refractivity contribution in [3.63, 3.8) is 0 Å². The van der Waals surface area contributed by atoms with Gasteiger partial charge in [0.1, 0.15) is 5.78 Å². The zero-order valence-electron chi connectivity index (χ0n) is 8.31. The molecule has 0 saturated heterocycles. The van der Waals surface area contributed by atoms with Gasteiger partial charge in [0, 0.05) is 12.3 Å². The maximum Gasteiger partial charge on any atom is 0.135 e. The van der Waals surface area contributed by atoms with Crippen LogP contribution in [-0.2, 0) is 4.79 Å². The van der Waals surface area contributed by atoms with Gasteiger partial charge in [-0.15, -0.1) is 0 Å². The highest BCUT2D eigenvalue weighted by atomic mass is 16.1. The highest BCUT2D eigenvalue weighted by molar-refractivity contribution is 5.81. The molecule has 1 heteroatoms. The smallest absolute Gasteiger partial charge is 0.135 e. The number of carbonyl (C=O) groups excluding carboxylic acids is 1. The second-order valence-corrected chi connectivity index (χ2v) is 4.00. The van der Waals surface area contributed by atoms with Crippen molar-refractivity contribution in [2.45, 2.75) is 52.4 Å². The van der Waals surface area contributed by atoms with Crippen molar-refractivity contribution in [2.75, 3.05) is 0 Å². The first-order valence-corrected chi connectivity index (χ1v) is 5.30. The lowest BCUT2D eigenvalue weighted by atomic mass is 9.77. The van der Waals surface area contributed by atoms with E-state index in [0.29, 0.717) is 11.7 Å². The lowest BCUT2D eigenvalue weighted by Crippen LogP contribution is -2.24. The standard InChI is InChI=1S/C11H20O/c1-3-5-10-8-9(4-2)6-7-11(10)12/h9-10H,3-8H2,1-2H3. The summed E-state index contributed by atoms with van der Waals surface area (Å²) in [5.74, 6) is 1.77. The van der Waals surface area contributed by atoms with E-state index in [2.05, 4.69) is 13.8 Å². The average Bonchev–Trinajstić information content (AvgIpc) is 2.09. The molecule has 0 aliphatic heterocycles. The molecule has 2 unspecified atom stereocenters. The monoisotopic (exact) mass is 168 g/mol. The van der Waals surface area contributed by atoms with E-state index in [0.717, 1.165) is 31.6 Å². The summed E-state index contributed by atoms with van der Waals surface area (Å²) < 4.78 is 0. The maximum absolute atomic E-state index is 11.4. The van der Waals surface area contributed by atoms with Gasteiger partial charge >= 0.3 is 0 Å². The molecule has 1 aliphatic carbocycles. The Kier molecular flexibility index (Phi) is 3.77. The molecule has 1 fully saturated rings. The maximum atomic E-state index is 11.4. The third-order valence-electron chi connectivity index (χ3n) is 3.09. The Hall–Kier alpha value is -0.330. The van der Waals surface area contributed by atoms with Gasteiger partial charge in [0.2, 0.25) is 0 Å². The molecule has 2 atom stereocenters. The van der Waals surface area contributed by atoms with Gasteiger partial charge in [-0.3, -0.25) is 4.79 Å². The van der Waals surface area contributed by atoms with Crippen LogP contribution >= 0.6 is 0 Å². The van der Waals surface area contributed by atoms with E-state index in [1.54, 1.807) is 0 Å². The zero-order valence-corrected chi connectivity index (χ0v) is 8.31. The summed E-state index contributed by atoms with van der Waals surface area (Å²) >= 11 is 0. The topological polar surface area (TPSA) is 17.1 Å². The predicted octanol–water partition coefficient (Wildman–Crippen LogP) is 3.18. The van der Waals surface area contributed by atoms with Gasteiger partial charge in [0.25, 0.3) is 0 Å². The number of ketones is 1. The molecule has 70 valence electrons. The molecular formula is C11H20O. The van der Waals surface area contributed by atoms with Crippen molar-refractivity contribution in [3.05, 3.63) is 0 Å². The van der Waals surface area contributed by atoms with Crippen molar-refractivity contribution in [1.82, 2.24) is 0 Å². The predicted molar refractivity (Wildman–Crippen MR) is 51.0 cm³/mol. The quantitative estimate of drug-likeness (QED) is 0.632. The van der Waals surface area contributed by atoms with E-state index < -0.39 is 0 Å². The first-order chi connectivity index (χ1) is 5.77. The van der Waals surface area contributed by atoms with E-state index >= 15 is 0 Å². The van der Waals surface area contributed by atoms with E-state index in [9.17, 15) is 4.79 Å². The van der Waals surface area contributed by atoms with Crippen LogP contribution in [0.5, 0.6) is 0 Å². The summed E-state index contributed by atoms with van der Waals surface area (Å²) in [6.07, 6.45) is 6.71. The summed E-state index contributed by atoms with van der Waals surface area (Å²) in [6, 6.07) is 0. The highest BCUT2D eigenvalue weighted by Gasteiger charge is 2.26. The molecule has 1 nitrogen and oxygen atoms in total. The van der Waals surface area contributed by atoms with Crippen LogP contribution in [-0.4, -0.2) is 5.78 Å². The fourth-order valence-electron chi connectivity index (χ4n) is 2.20. The Morgan fingerprint density at radius 2 is 2.17 bits per heavy atom. The largest absolute Gasteiger partial charge is 0.299 e. The summed E-state index contributed by atoms with van der Waals surface area (Å²) in [7, 11) is 0. The fraction of sp³-hybridized carbons (Fsp3) is 0.909. The molecule has 0 radical (unpaired) electrons. The molecule has 12 heavy (non-hydrogen) atoms. The number of rotatable bonds is 3. The van der Waals surface area contributed by atoms with Crippen LogP contribution in [0.2, 0.25) is 0 Å². The van der Waals surface area contributed by atoms with Crippen LogP contribution in [0, 0.1) is 11.8 Å². The molecule has 0 N–H and O–H groups in total. The van der Waals surface area contributed by atoms with E-state index in [4.69, 9.17) is 0 Å². The molecule has 0 spiro atoms. The summed E-state index contributed by atoms with van der Waals surface area (Å²) in [5, 5.41) is 0. The molecule has 1 rings (SSSR count). The molecule has 0 heterocycles. The third kappa shape index (κ3) is 2.33. The highest BCUT2D eigenvalue weighted by Crippen LogP contribution is 2.30. The van der Waals surface area contributed by atoms with Gasteiger partial charge in [0.15, 0.2) is 0 Å². The van der Waals surface area contributed by atoms with Gasteiger partial charge in [-0.2, -0.15) is 0 Å². The summed E-state index contributed by atoms with van der Waals surface area (Å²) in [6.45, 7) is 4.41. The Labute approximate surface area is 75.5 Å². The molecule has 0 aromatic rings. The Bertz CT molecular complexity index is 151. The number of hydrogen-bond donors (Lipinski definition) is 0. The Morgan fingerprint density at radius 3 is 2.75 bits per heavy atom. The molecule has 1 saturated carbocycles. The van der Waals surface area contributed by atoms with Crippen LogP contribution in [0.4, 0.5) is 0 Å². The van der Waals surface area contributed by atoms with Crippen molar-refractivity contribution < 1.29 is 4.79 Å². The molecule has 0 aromatic carbocycles. The van der Waals surface area contributed by atoms with E-state index in [1.807, 2.05) is 0 Å². The van der Waals surface area contributed by atoms with Crippen LogP contribution < -0.4 is 0 Å².